The van der Waals surface area contributed by atoms with Crippen LogP contribution in [0, 0.1) is 5.41 Å². The van der Waals surface area contributed by atoms with Crippen LogP contribution < -0.4 is 5.32 Å². The van der Waals surface area contributed by atoms with Crippen LogP contribution in [0.2, 0.25) is 0 Å². The van der Waals surface area contributed by atoms with Gasteiger partial charge in [0.05, 0.1) is 6.61 Å². The molecule has 0 saturated carbocycles. The molecule has 0 spiro atoms. The quantitative estimate of drug-likeness (QED) is 0.625. The van der Waals surface area contributed by atoms with E-state index < -0.39 is 0 Å². The number of hydrogen-bond donors (Lipinski definition) is 2. The molecule has 1 aliphatic rings. The monoisotopic (exact) mass is 187 g/mol. The summed E-state index contributed by atoms with van der Waals surface area (Å²) >= 11 is 0. The highest BCUT2D eigenvalue weighted by Gasteiger charge is 2.31. The summed E-state index contributed by atoms with van der Waals surface area (Å²) in [5, 5.41) is 12.7. The normalized spacial score (nSPS) is 21.7. The molecule has 3 nitrogen and oxygen atoms in total. The molecule has 1 rings (SSSR count). The Bertz CT molecular complexity index is 133. The van der Waals surface area contributed by atoms with E-state index in [4.69, 9.17) is 4.74 Å². The first kappa shape index (κ1) is 11.0. The summed E-state index contributed by atoms with van der Waals surface area (Å²) in [4.78, 5) is 0. The van der Waals surface area contributed by atoms with Crippen LogP contribution in [-0.4, -0.2) is 38.0 Å². The lowest BCUT2D eigenvalue weighted by Crippen LogP contribution is -2.42. The summed E-state index contributed by atoms with van der Waals surface area (Å²) < 4.78 is 5.29. The van der Waals surface area contributed by atoms with Crippen molar-refractivity contribution in [1.82, 2.24) is 5.32 Å². The predicted octanol–water partition coefficient (Wildman–Crippen LogP) is 0.775. The van der Waals surface area contributed by atoms with Gasteiger partial charge in [-0.15, -0.1) is 0 Å². The molecule has 0 aromatic rings. The minimum absolute atomic E-state index is 0.0907. The number of hydrogen-bond acceptors (Lipinski definition) is 3. The van der Waals surface area contributed by atoms with Gasteiger partial charge >= 0.3 is 0 Å². The fraction of sp³-hybridized carbons (Fsp3) is 1.00. The van der Waals surface area contributed by atoms with Gasteiger partial charge in [-0.05, 0) is 25.8 Å². The average molecular weight is 187 g/mol. The molecule has 0 radical (unpaired) electrons. The highest BCUT2D eigenvalue weighted by atomic mass is 16.5. The number of ether oxygens (including phenoxy) is 1. The second-order valence-corrected chi connectivity index (χ2v) is 3.95. The molecule has 0 bridgehead atoms. The second kappa shape index (κ2) is 5.58. The third kappa shape index (κ3) is 3.25. The van der Waals surface area contributed by atoms with Crippen molar-refractivity contribution in [2.24, 2.45) is 5.41 Å². The van der Waals surface area contributed by atoms with Gasteiger partial charge in [0.2, 0.25) is 0 Å². The number of rotatable bonds is 5. The van der Waals surface area contributed by atoms with Crippen LogP contribution in [0.5, 0.6) is 0 Å². The van der Waals surface area contributed by atoms with E-state index in [1.807, 2.05) is 0 Å². The summed E-state index contributed by atoms with van der Waals surface area (Å²) in [6, 6.07) is 0. The maximum Gasteiger partial charge on any atom is 0.0501 e. The Kier molecular flexibility index (Phi) is 4.70. The molecule has 3 heteroatoms. The molecule has 2 N–H and O–H groups in total. The van der Waals surface area contributed by atoms with Crippen molar-refractivity contribution >= 4 is 0 Å². The molecule has 0 aromatic carbocycles. The molecule has 1 aliphatic heterocycles. The van der Waals surface area contributed by atoms with Crippen molar-refractivity contribution in [3.63, 3.8) is 0 Å². The van der Waals surface area contributed by atoms with E-state index >= 15 is 0 Å². The van der Waals surface area contributed by atoms with Gasteiger partial charge in [0.15, 0.2) is 0 Å². The predicted molar refractivity (Wildman–Crippen MR) is 52.7 cm³/mol. The SMILES string of the molecule is CCCNCC1(CO)CCOCC1. The summed E-state index contributed by atoms with van der Waals surface area (Å²) in [6.07, 6.45) is 3.12. The Morgan fingerprint density at radius 2 is 2.08 bits per heavy atom. The Morgan fingerprint density at radius 3 is 2.62 bits per heavy atom. The minimum atomic E-state index is 0.0907. The van der Waals surface area contributed by atoms with Crippen LogP contribution in [0.25, 0.3) is 0 Å². The minimum Gasteiger partial charge on any atom is -0.396 e. The zero-order valence-corrected chi connectivity index (χ0v) is 8.51. The number of aliphatic hydroxyl groups is 1. The van der Waals surface area contributed by atoms with E-state index in [0.29, 0.717) is 0 Å². The molecule has 1 heterocycles. The lowest BCUT2D eigenvalue weighted by Gasteiger charge is -2.35. The van der Waals surface area contributed by atoms with Crippen molar-refractivity contribution in [2.75, 3.05) is 32.9 Å². The lowest BCUT2D eigenvalue weighted by atomic mass is 9.81. The van der Waals surface area contributed by atoms with Crippen molar-refractivity contribution in [3.05, 3.63) is 0 Å². The van der Waals surface area contributed by atoms with Crippen molar-refractivity contribution in [2.45, 2.75) is 26.2 Å². The fourth-order valence-corrected chi connectivity index (χ4v) is 1.73. The molecular weight excluding hydrogens is 166 g/mol. The summed E-state index contributed by atoms with van der Waals surface area (Å²) in [5.74, 6) is 0. The Balaban J connectivity index is 2.29. The fourth-order valence-electron chi connectivity index (χ4n) is 1.73. The third-order valence-corrected chi connectivity index (χ3v) is 2.82. The maximum absolute atomic E-state index is 9.35. The zero-order valence-electron chi connectivity index (χ0n) is 8.51. The van der Waals surface area contributed by atoms with Gasteiger partial charge in [-0.25, -0.2) is 0 Å². The van der Waals surface area contributed by atoms with Crippen LogP contribution in [0.1, 0.15) is 26.2 Å². The molecule has 0 atom stereocenters. The Labute approximate surface area is 80.5 Å². The van der Waals surface area contributed by atoms with Crippen LogP contribution in [0.4, 0.5) is 0 Å². The highest BCUT2D eigenvalue weighted by Crippen LogP contribution is 2.28. The smallest absolute Gasteiger partial charge is 0.0501 e. The average Bonchev–Trinajstić information content (AvgIpc) is 2.20. The Hall–Kier alpha value is -0.120. The summed E-state index contributed by atoms with van der Waals surface area (Å²) in [7, 11) is 0. The second-order valence-electron chi connectivity index (χ2n) is 3.95. The van der Waals surface area contributed by atoms with Gasteiger partial charge in [0.1, 0.15) is 0 Å². The molecule has 1 fully saturated rings. The zero-order chi connectivity index (χ0) is 9.57. The van der Waals surface area contributed by atoms with Crippen LogP contribution in [0.3, 0.4) is 0 Å². The van der Waals surface area contributed by atoms with E-state index in [0.717, 1.165) is 45.6 Å². The van der Waals surface area contributed by atoms with E-state index in [-0.39, 0.29) is 12.0 Å². The first-order chi connectivity index (χ1) is 6.33. The van der Waals surface area contributed by atoms with Crippen LogP contribution >= 0.6 is 0 Å². The standard InChI is InChI=1S/C10H21NO2/c1-2-5-11-8-10(9-12)3-6-13-7-4-10/h11-12H,2-9H2,1H3. The van der Waals surface area contributed by atoms with Gasteiger partial charge in [-0.2, -0.15) is 0 Å². The summed E-state index contributed by atoms with van der Waals surface area (Å²) in [5.41, 5.74) is 0.0907. The lowest BCUT2D eigenvalue weighted by molar-refractivity contribution is -0.0151. The molecule has 78 valence electrons. The van der Waals surface area contributed by atoms with E-state index in [1.165, 1.54) is 0 Å². The van der Waals surface area contributed by atoms with Crippen molar-refractivity contribution < 1.29 is 9.84 Å². The molecule has 13 heavy (non-hydrogen) atoms. The number of aliphatic hydroxyl groups excluding tert-OH is 1. The number of nitrogens with one attached hydrogen (secondary N) is 1. The third-order valence-electron chi connectivity index (χ3n) is 2.82. The molecule has 0 amide bonds. The molecule has 0 aromatic heterocycles. The van der Waals surface area contributed by atoms with Gasteiger partial charge in [0.25, 0.3) is 0 Å². The van der Waals surface area contributed by atoms with Crippen molar-refractivity contribution in [1.29, 1.82) is 0 Å². The topological polar surface area (TPSA) is 41.5 Å². The van der Waals surface area contributed by atoms with Gasteiger partial charge < -0.3 is 15.2 Å². The van der Waals surface area contributed by atoms with Gasteiger partial charge in [-0.1, -0.05) is 6.92 Å². The van der Waals surface area contributed by atoms with Crippen LogP contribution in [0.15, 0.2) is 0 Å². The molecule has 0 aliphatic carbocycles. The summed E-state index contributed by atoms with van der Waals surface area (Å²) in [6.45, 7) is 6.02. The highest BCUT2D eigenvalue weighted by molar-refractivity contribution is 4.83. The molecular formula is C10H21NO2. The van der Waals surface area contributed by atoms with Gasteiger partial charge in [0, 0.05) is 25.2 Å². The van der Waals surface area contributed by atoms with Crippen molar-refractivity contribution in [3.8, 4) is 0 Å². The Morgan fingerprint density at radius 1 is 1.38 bits per heavy atom. The van der Waals surface area contributed by atoms with E-state index in [9.17, 15) is 5.11 Å². The molecule has 0 unspecified atom stereocenters. The first-order valence-electron chi connectivity index (χ1n) is 5.22. The largest absolute Gasteiger partial charge is 0.396 e. The maximum atomic E-state index is 9.35. The van der Waals surface area contributed by atoms with E-state index in [2.05, 4.69) is 12.2 Å². The van der Waals surface area contributed by atoms with Gasteiger partial charge in [-0.3, -0.25) is 0 Å². The van der Waals surface area contributed by atoms with E-state index in [1.54, 1.807) is 0 Å². The molecule has 1 saturated heterocycles. The first-order valence-corrected chi connectivity index (χ1v) is 5.22. The van der Waals surface area contributed by atoms with Crippen LogP contribution in [-0.2, 0) is 4.74 Å².